The number of carbonyl (C=O) groups is 8. The molecule has 0 bridgehead atoms. The SMILES string of the molecule is C.C.C.C.C.C.C.C.C.C.C.C.C.C.C.C.C.C.C.C.C.C.C.C.C.C.C.CC(C)(CO)OC(=O)CC(=O)OCOC(=O)CC(=O)OCOC(=O)CC(=O)OCO.O=CCCCCCCCCC=O. The van der Waals surface area contributed by atoms with Crippen molar-refractivity contribution in [3.05, 3.63) is 0 Å². The van der Waals surface area contributed by atoms with E-state index in [2.05, 4.69) is 23.7 Å². The molecule has 0 amide bonds. The molecule has 0 unspecified atom stereocenters. The first-order chi connectivity index (χ1) is 19.9. The third kappa shape index (κ3) is 154. The Balaban J connectivity index is -0.0000000139. The summed E-state index contributed by atoms with van der Waals surface area (Å²) in [7, 11) is 0. The van der Waals surface area contributed by atoms with Crippen LogP contribution in [0, 0.1) is 0 Å². The number of esters is 6. The van der Waals surface area contributed by atoms with Gasteiger partial charge in [-0.2, -0.15) is 0 Å². The van der Waals surface area contributed by atoms with E-state index in [9.17, 15) is 38.4 Å². The zero-order valence-corrected chi connectivity index (χ0v) is 23.9. The molecule has 0 spiro atoms. The number of unbranched alkanes of at least 4 members (excludes halogenated alkanes) is 7. The van der Waals surface area contributed by atoms with Crippen LogP contribution in [0.25, 0.3) is 0 Å². The first kappa shape index (κ1) is 205. The van der Waals surface area contributed by atoms with Crippen LogP contribution in [0.1, 0.15) is 285 Å². The maximum Gasteiger partial charge on any atom is 0.320 e. The van der Waals surface area contributed by atoms with Gasteiger partial charge in [0.15, 0.2) is 6.79 Å². The fraction of sp³-hybridized carbons (Fsp3) is 0.849. The first-order valence-electron chi connectivity index (χ1n) is 13.0. The van der Waals surface area contributed by atoms with E-state index in [0.717, 1.165) is 38.3 Å². The molecule has 16 nitrogen and oxygen atoms in total. The van der Waals surface area contributed by atoms with Gasteiger partial charge in [0.25, 0.3) is 0 Å². The summed E-state index contributed by atoms with van der Waals surface area (Å²) in [6, 6.07) is 0. The molecule has 16 heteroatoms. The van der Waals surface area contributed by atoms with E-state index in [1.807, 2.05) is 0 Å². The van der Waals surface area contributed by atoms with Gasteiger partial charge in [0.2, 0.25) is 13.6 Å². The van der Waals surface area contributed by atoms with E-state index >= 15 is 0 Å². The Hall–Kier alpha value is -3.92. The summed E-state index contributed by atoms with van der Waals surface area (Å²) in [6.45, 7) is -0.309. The van der Waals surface area contributed by atoms with Crippen molar-refractivity contribution in [1.82, 2.24) is 0 Å². The molecule has 0 aliphatic rings. The maximum atomic E-state index is 11.4. The van der Waals surface area contributed by atoms with Gasteiger partial charge in [0, 0.05) is 12.8 Å². The molecular weight excluding hydrogens is 893 g/mol. The minimum absolute atomic E-state index is 0. The third-order valence-electron chi connectivity index (χ3n) is 4.64. The van der Waals surface area contributed by atoms with E-state index in [4.69, 9.17) is 14.9 Å². The Bertz CT molecular complexity index is 851. The lowest BCUT2D eigenvalue weighted by atomic mass is 10.1. The first-order valence-corrected chi connectivity index (χ1v) is 13.0. The molecule has 0 saturated heterocycles. The van der Waals surface area contributed by atoms with Gasteiger partial charge >= 0.3 is 35.8 Å². The van der Waals surface area contributed by atoms with Crippen LogP contribution in [0.3, 0.4) is 0 Å². The van der Waals surface area contributed by atoms with Crippen molar-refractivity contribution in [2.24, 2.45) is 0 Å². The van der Waals surface area contributed by atoms with Crippen LogP contribution in [0.4, 0.5) is 0 Å². The summed E-state index contributed by atoms with van der Waals surface area (Å²) in [5, 5.41) is 17.2. The lowest BCUT2D eigenvalue weighted by molar-refractivity contribution is -0.175. The Kier molecular flexibility index (Phi) is 409. The minimum atomic E-state index is -1.18. The van der Waals surface area contributed by atoms with Crippen LogP contribution in [0.5, 0.6) is 0 Å². The summed E-state index contributed by atoms with van der Waals surface area (Å²) in [6.07, 6.45) is 7.60. The van der Waals surface area contributed by atoms with Crippen LogP contribution in [0.15, 0.2) is 0 Å². The van der Waals surface area contributed by atoms with Crippen LogP contribution in [-0.4, -0.2) is 91.2 Å². The van der Waals surface area contributed by atoms with Crippen molar-refractivity contribution in [2.75, 3.05) is 27.0 Å². The third-order valence-corrected chi connectivity index (χ3v) is 4.64. The van der Waals surface area contributed by atoms with Gasteiger partial charge in [-0.25, -0.2) is 0 Å². The molecule has 0 saturated carbocycles. The van der Waals surface area contributed by atoms with Gasteiger partial charge in [-0.15, -0.1) is 0 Å². The normalized spacial score (nSPS) is 6.20. The van der Waals surface area contributed by atoms with Gasteiger partial charge in [0.1, 0.15) is 37.4 Å². The highest BCUT2D eigenvalue weighted by Crippen LogP contribution is 2.09. The highest BCUT2D eigenvalue weighted by molar-refractivity contribution is 5.93. The number of aliphatic hydroxyl groups is 2. The molecule has 0 aromatic heterocycles. The van der Waals surface area contributed by atoms with Gasteiger partial charge < -0.3 is 48.2 Å². The number of hydrogen-bond donors (Lipinski definition) is 2. The molecule has 0 aromatic carbocycles. The number of rotatable bonds is 22. The van der Waals surface area contributed by atoms with E-state index in [1.165, 1.54) is 26.7 Å². The Morgan fingerprint density at radius 1 is 0.348 bits per heavy atom. The zero-order chi connectivity index (χ0) is 32.2. The second kappa shape index (κ2) is 137. The second-order valence-electron chi connectivity index (χ2n) is 8.90. The molecule has 2 N–H and O–H groups in total. The van der Waals surface area contributed by atoms with Crippen molar-refractivity contribution in [3.8, 4) is 0 Å². The average molecular weight is 1040 g/mol. The number of aldehydes is 2. The predicted molar refractivity (Wildman–Crippen MR) is 319 cm³/mol. The summed E-state index contributed by atoms with van der Waals surface area (Å²) in [4.78, 5) is 87.4. The summed E-state index contributed by atoms with van der Waals surface area (Å²) in [5.74, 6) is -6.49. The zero-order valence-electron chi connectivity index (χ0n) is 23.9. The molecule has 0 atom stereocenters. The number of ether oxygens (including phenoxy) is 6. The standard InChI is InChI=1S/C16H22O14.C10H18O2.27CH4/c1-16(2,6-17)30-15(24)5-14(23)29-9-28-13(22)4-12(21)27-8-26-11(20)3-10(19)25-7-18;11-9-7-5-3-1-2-4-6-8-10-12;;;;;;;;;;;;;;;;;;;;;;;;;;;/h17-18H,3-9H2,1-2H3;9-10H,1-8H2;27*1H4. The van der Waals surface area contributed by atoms with Crippen LogP contribution in [0.2, 0.25) is 0 Å². The van der Waals surface area contributed by atoms with Gasteiger partial charge in [-0.05, 0) is 26.7 Å². The van der Waals surface area contributed by atoms with E-state index in [-0.39, 0.29) is 201 Å². The molecule has 0 aromatic rings. The molecule has 69 heavy (non-hydrogen) atoms. The largest absolute Gasteiger partial charge is 0.457 e. The predicted octanol–water partition coefficient (Wildman–Crippen LogP) is 17.7. The average Bonchev–Trinajstić information content (AvgIpc) is 2.90. The van der Waals surface area contributed by atoms with Crippen LogP contribution >= 0.6 is 0 Å². The van der Waals surface area contributed by atoms with Crippen LogP contribution < -0.4 is 0 Å². The summed E-state index contributed by atoms with van der Waals surface area (Å²) in [5.41, 5.74) is -1.18. The minimum Gasteiger partial charge on any atom is -0.457 e. The van der Waals surface area contributed by atoms with Crippen LogP contribution in [-0.2, 0) is 66.8 Å². The van der Waals surface area contributed by atoms with Crippen molar-refractivity contribution in [3.63, 3.8) is 0 Å². The second-order valence-corrected chi connectivity index (χ2v) is 8.90. The maximum absolute atomic E-state index is 11.4. The highest BCUT2D eigenvalue weighted by Gasteiger charge is 2.24. The van der Waals surface area contributed by atoms with E-state index in [0.29, 0.717) is 12.8 Å². The highest BCUT2D eigenvalue weighted by atomic mass is 16.7. The summed E-state index contributed by atoms with van der Waals surface area (Å²) >= 11 is 0. The Labute approximate surface area is 441 Å². The van der Waals surface area contributed by atoms with Crippen molar-refractivity contribution >= 4 is 48.4 Å². The van der Waals surface area contributed by atoms with Gasteiger partial charge in [0.05, 0.1) is 6.61 Å². The number of aliphatic hydroxyl groups excluding tert-OH is 2. The van der Waals surface area contributed by atoms with Gasteiger partial charge in [-0.1, -0.05) is 226 Å². The molecule has 0 fully saturated rings. The molecule has 0 heterocycles. The lowest BCUT2D eigenvalue weighted by Gasteiger charge is -2.21. The quantitative estimate of drug-likeness (QED) is 0.0256. The number of carbonyl (C=O) groups excluding carboxylic acids is 8. The van der Waals surface area contributed by atoms with Crippen molar-refractivity contribution in [1.29, 1.82) is 0 Å². The van der Waals surface area contributed by atoms with E-state index < -0.39 is 87.7 Å². The van der Waals surface area contributed by atoms with Gasteiger partial charge in [-0.3, -0.25) is 28.8 Å². The lowest BCUT2D eigenvalue weighted by Crippen LogP contribution is -2.33. The molecular formula is C53H148O16. The molecule has 0 rings (SSSR count). The summed E-state index contributed by atoms with van der Waals surface area (Å²) < 4.78 is 26.5. The molecule has 456 valence electrons. The smallest absolute Gasteiger partial charge is 0.320 e. The molecule has 0 aliphatic carbocycles. The Morgan fingerprint density at radius 3 is 0.754 bits per heavy atom. The fourth-order valence-corrected chi connectivity index (χ4v) is 2.54. The topological polar surface area (TPSA) is 232 Å². The Morgan fingerprint density at radius 2 is 0.551 bits per heavy atom. The monoisotopic (exact) mass is 1040 g/mol. The van der Waals surface area contributed by atoms with E-state index in [1.54, 1.807) is 0 Å². The van der Waals surface area contributed by atoms with Crippen molar-refractivity contribution in [2.45, 2.75) is 291 Å². The molecule has 0 aliphatic heterocycles. The van der Waals surface area contributed by atoms with Crippen molar-refractivity contribution < 1.29 is 77.0 Å². The molecule has 0 radical (unpaired) electrons. The fourth-order valence-electron chi connectivity index (χ4n) is 2.54. The number of hydrogen-bond acceptors (Lipinski definition) is 16.